The molecule has 72 valence electrons. The van der Waals surface area contributed by atoms with Crippen LogP contribution in [0.15, 0.2) is 0 Å². The summed E-state index contributed by atoms with van der Waals surface area (Å²) >= 11 is 0. The van der Waals surface area contributed by atoms with Crippen molar-refractivity contribution >= 4 is 24.8 Å². The second-order valence-corrected chi connectivity index (χ2v) is 3.92. The summed E-state index contributed by atoms with van der Waals surface area (Å²) in [7, 11) is 0. The van der Waals surface area contributed by atoms with Gasteiger partial charge in [0.15, 0.2) is 0 Å². The molecule has 2 saturated heterocycles. The summed E-state index contributed by atoms with van der Waals surface area (Å²) in [4.78, 5) is 2.72. The van der Waals surface area contributed by atoms with Gasteiger partial charge in [-0.3, -0.25) is 4.90 Å². The van der Waals surface area contributed by atoms with Gasteiger partial charge < -0.3 is 5.32 Å². The fourth-order valence-corrected chi connectivity index (χ4v) is 2.45. The number of likely N-dealkylation sites (tertiary alicyclic amines) is 1. The van der Waals surface area contributed by atoms with E-state index < -0.39 is 0 Å². The first kappa shape index (κ1) is 10.6. The average Bonchev–Trinajstić information content (AvgIpc) is 2.60. The summed E-state index contributed by atoms with van der Waals surface area (Å²) < 4.78 is 0. The minimum absolute atomic E-state index is 0. The molecule has 3 fully saturated rings. The lowest BCUT2D eigenvalue weighted by Crippen LogP contribution is -2.44. The zero-order chi connectivity index (χ0) is 6.55. The van der Waals surface area contributed by atoms with Crippen LogP contribution < -0.4 is 5.32 Å². The van der Waals surface area contributed by atoms with E-state index in [0.29, 0.717) is 0 Å². The first-order valence-electron chi connectivity index (χ1n) is 4.42. The number of halogens is 2. The van der Waals surface area contributed by atoms with E-state index in [1.165, 1.54) is 32.4 Å². The molecule has 0 amide bonds. The fraction of sp³-hybridized carbons (Fsp3) is 1.00. The van der Waals surface area contributed by atoms with Gasteiger partial charge in [-0.05, 0) is 19.3 Å². The molecule has 2 heterocycles. The summed E-state index contributed by atoms with van der Waals surface area (Å²) in [5.74, 6) is 0. The quantitative estimate of drug-likeness (QED) is 0.697. The van der Waals surface area contributed by atoms with E-state index in [9.17, 15) is 0 Å². The summed E-state index contributed by atoms with van der Waals surface area (Å²) in [5.41, 5.74) is 0. The predicted molar refractivity (Wildman–Crippen MR) is 54.4 cm³/mol. The largest absolute Gasteiger partial charge is 0.311 e. The van der Waals surface area contributed by atoms with Gasteiger partial charge in [-0.25, -0.2) is 0 Å². The lowest BCUT2D eigenvalue weighted by atomic mass is 10.2. The Morgan fingerprint density at radius 1 is 1.08 bits per heavy atom. The SMILES string of the molecule is C1CC1N1C[C@H]2C[C@@H]1CN2.Cl.Cl. The van der Waals surface area contributed by atoms with Crippen molar-refractivity contribution in [2.45, 2.75) is 37.4 Å². The zero-order valence-electron chi connectivity index (χ0n) is 7.03. The lowest BCUT2D eigenvalue weighted by Gasteiger charge is -2.26. The van der Waals surface area contributed by atoms with Gasteiger partial charge in [0, 0.05) is 31.2 Å². The summed E-state index contributed by atoms with van der Waals surface area (Å²) in [5, 5.41) is 3.53. The second kappa shape index (κ2) is 3.70. The number of fused-ring (bicyclic) bond motifs is 2. The van der Waals surface area contributed by atoms with Gasteiger partial charge in [-0.15, -0.1) is 24.8 Å². The lowest BCUT2D eigenvalue weighted by molar-refractivity contribution is 0.216. The molecule has 1 aliphatic carbocycles. The van der Waals surface area contributed by atoms with E-state index >= 15 is 0 Å². The van der Waals surface area contributed by atoms with Crippen molar-refractivity contribution in [2.24, 2.45) is 0 Å². The minimum atomic E-state index is 0. The molecule has 3 rings (SSSR count). The van der Waals surface area contributed by atoms with E-state index in [-0.39, 0.29) is 24.8 Å². The molecule has 4 heteroatoms. The third-order valence-corrected chi connectivity index (χ3v) is 3.11. The van der Waals surface area contributed by atoms with Crippen LogP contribution in [0.5, 0.6) is 0 Å². The van der Waals surface area contributed by atoms with Gasteiger partial charge in [-0.1, -0.05) is 0 Å². The van der Waals surface area contributed by atoms with E-state index in [1.807, 2.05) is 0 Å². The van der Waals surface area contributed by atoms with Crippen LogP contribution in [0.1, 0.15) is 19.3 Å². The summed E-state index contributed by atoms with van der Waals surface area (Å²) in [6.45, 7) is 2.61. The molecule has 1 N–H and O–H groups in total. The number of nitrogens with zero attached hydrogens (tertiary/aromatic N) is 1. The highest BCUT2D eigenvalue weighted by Gasteiger charge is 2.43. The van der Waals surface area contributed by atoms with Crippen LogP contribution in [0, 0.1) is 0 Å². The maximum Gasteiger partial charge on any atom is 0.0239 e. The minimum Gasteiger partial charge on any atom is -0.311 e. The highest BCUT2D eigenvalue weighted by atomic mass is 35.5. The molecule has 0 aromatic carbocycles. The first-order chi connectivity index (χ1) is 4.93. The smallest absolute Gasteiger partial charge is 0.0239 e. The van der Waals surface area contributed by atoms with Crippen molar-refractivity contribution in [2.75, 3.05) is 13.1 Å². The Bertz CT molecular complexity index is 161. The Hall–Kier alpha value is 0.500. The molecule has 3 aliphatic rings. The summed E-state index contributed by atoms with van der Waals surface area (Å²) in [6, 6.07) is 2.76. The third kappa shape index (κ3) is 1.58. The average molecular weight is 211 g/mol. The molecule has 1 saturated carbocycles. The van der Waals surface area contributed by atoms with Crippen LogP contribution in [-0.4, -0.2) is 36.1 Å². The van der Waals surface area contributed by atoms with Crippen LogP contribution in [0.3, 0.4) is 0 Å². The number of hydrogen-bond donors (Lipinski definition) is 1. The highest BCUT2D eigenvalue weighted by Crippen LogP contribution is 2.35. The Kier molecular flexibility index (Phi) is 3.27. The molecular formula is C8H16Cl2N2. The molecule has 2 nitrogen and oxygen atoms in total. The van der Waals surface area contributed by atoms with Gasteiger partial charge in [-0.2, -0.15) is 0 Å². The highest BCUT2D eigenvalue weighted by molar-refractivity contribution is 5.85. The number of rotatable bonds is 1. The van der Waals surface area contributed by atoms with E-state index in [1.54, 1.807) is 0 Å². The topological polar surface area (TPSA) is 15.3 Å². The van der Waals surface area contributed by atoms with Crippen LogP contribution in [0.2, 0.25) is 0 Å². The number of piperazine rings is 1. The number of hydrogen-bond acceptors (Lipinski definition) is 2. The molecule has 0 radical (unpaired) electrons. The zero-order valence-corrected chi connectivity index (χ0v) is 8.66. The maximum absolute atomic E-state index is 3.53. The monoisotopic (exact) mass is 210 g/mol. The van der Waals surface area contributed by atoms with Gasteiger partial charge in [0.1, 0.15) is 0 Å². The van der Waals surface area contributed by atoms with E-state index in [0.717, 1.165) is 18.1 Å². The molecule has 0 unspecified atom stereocenters. The van der Waals surface area contributed by atoms with Crippen molar-refractivity contribution in [3.05, 3.63) is 0 Å². The third-order valence-electron chi connectivity index (χ3n) is 3.11. The summed E-state index contributed by atoms with van der Waals surface area (Å²) in [6.07, 6.45) is 4.38. The molecule has 2 atom stereocenters. The van der Waals surface area contributed by atoms with Gasteiger partial charge in [0.05, 0.1) is 0 Å². The Balaban J connectivity index is 0.000000360. The van der Waals surface area contributed by atoms with Gasteiger partial charge in [0.2, 0.25) is 0 Å². The Morgan fingerprint density at radius 2 is 1.83 bits per heavy atom. The molecule has 12 heavy (non-hydrogen) atoms. The maximum atomic E-state index is 3.53. The van der Waals surface area contributed by atoms with E-state index in [4.69, 9.17) is 0 Å². The molecule has 0 aromatic heterocycles. The van der Waals surface area contributed by atoms with Crippen molar-refractivity contribution in [1.82, 2.24) is 10.2 Å². The normalized spacial score (nSPS) is 39.0. The van der Waals surface area contributed by atoms with Crippen LogP contribution in [-0.2, 0) is 0 Å². The van der Waals surface area contributed by atoms with Gasteiger partial charge >= 0.3 is 0 Å². The van der Waals surface area contributed by atoms with Crippen molar-refractivity contribution in [3.8, 4) is 0 Å². The van der Waals surface area contributed by atoms with E-state index in [2.05, 4.69) is 10.2 Å². The predicted octanol–water partition coefficient (Wildman–Crippen LogP) is 1.04. The molecule has 2 bridgehead atoms. The molecule has 0 aromatic rings. The molecule has 0 spiro atoms. The molecular weight excluding hydrogens is 195 g/mol. The Labute approximate surface area is 85.9 Å². The Morgan fingerprint density at radius 3 is 2.25 bits per heavy atom. The fourth-order valence-electron chi connectivity index (χ4n) is 2.45. The van der Waals surface area contributed by atoms with Crippen LogP contribution in [0.25, 0.3) is 0 Å². The van der Waals surface area contributed by atoms with Gasteiger partial charge in [0.25, 0.3) is 0 Å². The standard InChI is InChI=1S/C8H14N2.2ClH/c1-2-7(1)10-5-6-3-8(10)4-9-6;;/h6-9H,1-5H2;2*1H/t6-,8-;;/m1../s1. The second-order valence-electron chi connectivity index (χ2n) is 3.92. The van der Waals surface area contributed by atoms with Crippen molar-refractivity contribution in [1.29, 1.82) is 0 Å². The molecule has 2 aliphatic heterocycles. The van der Waals surface area contributed by atoms with Crippen molar-refractivity contribution < 1.29 is 0 Å². The number of nitrogens with one attached hydrogen (secondary N) is 1. The van der Waals surface area contributed by atoms with Crippen molar-refractivity contribution in [3.63, 3.8) is 0 Å². The first-order valence-corrected chi connectivity index (χ1v) is 4.42. The van der Waals surface area contributed by atoms with Crippen LogP contribution in [0.4, 0.5) is 0 Å². The van der Waals surface area contributed by atoms with Crippen LogP contribution >= 0.6 is 24.8 Å².